The largest absolute Gasteiger partial charge is 0.493 e. The molecule has 1 aliphatic heterocycles. The van der Waals surface area contributed by atoms with E-state index in [0.717, 1.165) is 16.9 Å². The number of hydrogen-bond donors (Lipinski definition) is 3. The lowest BCUT2D eigenvalue weighted by atomic mass is 10.0. The Morgan fingerprint density at radius 1 is 1.00 bits per heavy atom. The number of benzene rings is 2. The summed E-state index contributed by atoms with van der Waals surface area (Å²) in [6.45, 7) is 11.1. The number of alkyl carbamates (subject to hydrolysis) is 1. The van der Waals surface area contributed by atoms with Crippen LogP contribution in [0.1, 0.15) is 71.4 Å². The molecule has 1 heterocycles. The number of carboxylic acids is 1. The van der Waals surface area contributed by atoms with Gasteiger partial charge < -0.3 is 35.0 Å². The molecule has 46 heavy (non-hydrogen) atoms. The summed E-state index contributed by atoms with van der Waals surface area (Å²) in [6, 6.07) is 11.9. The minimum Gasteiger partial charge on any atom is -0.493 e. The smallest absolute Gasteiger partial charge is 0.408 e. The van der Waals surface area contributed by atoms with E-state index < -0.39 is 23.7 Å². The first kappa shape index (κ1) is 36.1. The summed E-state index contributed by atoms with van der Waals surface area (Å²) < 4.78 is 24.4. The van der Waals surface area contributed by atoms with Crippen molar-refractivity contribution < 1.29 is 38.1 Å². The summed E-state index contributed by atoms with van der Waals surface area (Å²) in [5.41, 5.74) is 0.898. The van der Waals surface area contributed by atoms with Gasteiger partial charge in [-0.2, -0.15) is 0 Å². The molecule has 0 radical (unpaired) electrons. The molecule has 252 valence electrons. The number of carboxylic acid groups (broad SMARTS) is 1. The van der Waals surface area contributed by atoms with Gasteiger partial charge in [0.2, 0.25) is 5.91 Å². The van der Waals surface area contributed by atoms with E-state index in [1.807, 2.05) is 24.3 Å². The fraction of sp³-hybridized carbons (Fsp3) is 0.529. The van der Waals surface area contributed by atoms with E-state index >= 15 is 0 Å². The molecule has 0 saturated carbocycles. The van der Waals surface area contributed by atoms with E-state index in [0.29, 0.717) is 45.0 Å². The lowest BCUT2D eigenvalue weighted by Gasteiger charge is -2.38. The van der Waals surface area contributed by atoms with Crippen LogP contribution in [0.25, 0.3) is 0 Å². The van der Waals surface area contributed by atoms with Crippen molar-refractivity contribution in [1.29, 1.82) is 0 Å². The van der Waals surface area contributed by atoms with Crippen LogP contribution in [-0.4, -0.2) is 76.3 Å². The van der Waals surface area contributed by atoms with E-state index in [4.69, 9.17) is 9.47 Å². The Morgan fingerprint density at radius 3 is 2.17 bits per heavy atom. The molecule has 0 spiro atoms. The molecule has 1 atom stereocenters. The SMILES string of the molecule is CC(C)COc1ccc(CNC(=O)N(Cc2ccc(F)cc2)C2CCN(C(=O)CC[C@H](NC(=O)OC(C)(C)C)C(=O)O)CC2)cc1. The van der Waals surface area contributed by atoms with Gasteiger partial charge in [-0.25, -0.2) is 18.8 Å². The van der Waals surface area contributed by atoms with Crippen LogP contribution in [0.4, 0.5) is 14.0 Å². The number of carbonyl (C=O) groups is 4. The highest BCUT2D eigenvalue weighted by Crippen LogP contribution is 2.21. The van der Waals surface area contributed by atoms with E-state index in [-0.39, 0.29) is 43.2 Å². The molecule has 1 fully saturated rings. The molecule has 0 unspecified atom stereocenters. The van der Waals surface area contributed by atoms with Gasteiger partial charge in [0.05, 0.1) is 6.61 Å². The normalized spacial score (nSPS) is 14.4. The van der Waals surface area contributed by atoms with Crippen LogP contribution in [0.5, 0.6) is 5.75 Å². The summed E-state index contributed by atoms with van der Waals surface area (Å²) in [6.07, 6.45) is 0.0115. The van der Waals surface area contributed by atoms with Gasteiger partial charge in [0.15, 0.2) is 0 Å². The van der Waals surface area contributed by atoms with E-state index in [1.165, 1.54) is 12.1 Å². The number of piperidine rings is 1. The number of rotatable bonds is 13. The van der Waals surface area contributed by atoms with Crippen LogP contribution in [0.15, 0.2) is 48.5 Å². The maximum absolute atomic E-state index is 13.6. The second-order valence-electron chi connectivity index (χ2n) is 12.9. The van der Waals surface area contributed by atoms with Gasteiger partial charge in [-0.15, -0.1) is 0 Å². The molecule has 1 saturated heterocycles. The summed E-state index contributed by atoms with van der Waals surface area (Å²) in [7, 11) is 0. The van der Waals surface area contributed by atoms with Gasteiger partial charge in [0, 0.05) is 38.6 Å². The minimum atomic E-state index is -1.27. The Morgan fingerprint density at radius 2 is 1.61 bits per heavy atom. The molecule has 3 rings (SSSR count). The molecule has 11 nitrogen and oxygen atoms in total. The Hall–Kier alpha value is -4.35. The fourth-order valence-corrected chi connectivity index (χ4v) is 4.96. The van der Waals surface area contributed by atoms with Crippen molar-refractivity contribution >= 4 is 24.0 Å². The predicted molar refractivity (Wildman–Crippen MR) is 171 cm³/mol. The first-order valence-corrected chi connectivity index (χ1v) is 15.7. The first-order chi connectivity index (χ1) is 21.7. The van der Waals surface area contributed by atoms with Gasteiger partial charge >= 0.3 is 18.1 Å². The van der Waals surface area contributed by atoms with E-state index in [1.54, 1.807) is 42.7 Å². The van der Waals surface area contributed by atoms with Crippen LogP contribution in [0, 0.1) is 11.7 Å². The first-order valence-electron chi connectivity index (χ1n) is 15.7. The molecule has 0 bridgehead atoms. The Labute approximate surface area is 270 Å². The molecular formula is C34H47FN4O7. The summed E-state index contributed by atoms with van der Waals surface area (Å²) >= 11 is 0. The Kier molecular flexibility index (Phi) is 13.2. The quantitative estimate of drug-likeness (QED) is 0.269. The Balaban J connectivity index is 1.58. The third kappa shape index (κ3) is 12.2. The number of nitrogens with one attached hydrogen (secondary N) is 2. The number of nitrogens with zero attached hydrogens (tertiary/aromatic N) is 2. The molecular weight excluding hydrogens is 595 g/mol. The van der Waals surface area contributed by atoms with Crippen molar-refractivity contribution in [3.05, 3.63) is 65.5 Å². The van der Waals surface area contributed by atoms with Crippen LogP contribution in [0.3, 0.4) is 0 Å². The zero-order valence-corrected chi connectivity index (χ0v) is 27.4. The molecule has 2 aromatic rings. The highest BCUT2D eigenvalue weighted by Gasteiger charge is 2.31. The fourth-order valence-electron chi connectivity index (χ4n) is 4.96. The number of aliphatic carboxylic acids is 1. The number of urea groups is 1. The maximum Gasteiger partial charge on any atom is 0.408 e. The second-order valence-corrected chi connectivity index (χ2v) is 12.9. The van der Waals surface area contributed by atoms with Crippen LogP contribution in [0.2, 0.25) is 0 Å². The van der Waals surface area contributed by atoms with Gasteiger partial charge in [-0.05, 0) is 81.3 Å². The topological polar surface area (TPSA) is 138 Å². The van der Waals surface area contributed by atoms with Crippen molar-refractivity contribution in [2.75, 3.05) is 19.7 Å². The number of likely N-dealkylation sites (tertiary alicyclic amines) is 1. The lowest BCUT2D eigenvalue weighted by molar-refractivity contribution is -0.140. The average molecular weight is 643 g/mol. The van der Waals surface area contributed by atoms with Crippen molar-refractivity contribution in [3.63, 3.8) is 0 Å². The van der Waals surface area contributed by atoms with Gasteiger partial charge in [0.25, 0.3) is 0 Å². The number of carbonyl (C=O) groups excluding carboxylic acids is 3. The summed E-state index contributed by atoms with van der Waals surface area (Å²) in [4.78, 5) is 53.6. The molecule has 0 aromatic heterocycles. The molecule has 3 N–H and O–H groups in total. The van der Waals surface area contributed by atoms with Crippen LogP contribution >= 0.6 is 0 Å². The number of amides is 4. The minimum absolute atomic E-state index is 0.0709. The second kappa shape index (κ2) is 16.8. The Bertz CT molecular complexity index is 1300. The standard InChI is InChI=1S/C34H47FN4O7/c1-23(2)22-45-28-12-8-24(9-13-28)20-36-32(43)39(21-25-6-10-26(35)11-7-25)27-16-18-38(19-17-27)30(40)15-14-29(31(41)42)37-33(44)46-34(3,4)5/h6-13,23,27,29H,14-22H2,1-5H3,(H,36,43)(H,37,44)(H,41,42)/t29-/m0/s1. The van der Waals surface area contributed by atoms with E-state index in [9.17, 15) is 28.7 Å². The molecule has 2 aromatic carbocycles. The van der Waals surface area contributed by atoms with Crippen molar-refractivity contribution in [1.82, 2.24) is 20.4 Å². The van der Waals surface area contributed by atoms with Gasteiger partial charge in [0.1, 0.15) is 23.2 Å². The third-order valence-corrected chi connectivity index (χ3v) is 7.37. The average Bonchev–Trinajstić information content (AvgIpc) is 3.00. The highest BCUT2D eigenvalue weighted by molar-refractivity contribution is 5.82. The summed E-state index contributed by atoms with van der Waals surface area (Å²) in [5, 5.41) is 14.8. The van der Waals surface area contributed by atoms with Gasteiger partial charge in [-0.1, -0.05) is 38.1 Å². The number of halogens is 1. The van der Waals surface area contributed by atoms with E-state index in [2.05, 4.69) is 24.5 Å². The van der Waals surface area contributed by atoms with Crippen molar-refractivity contribution in [2.24, 2.45) is 5.92 Å². The van der Waals surface area contributed by atoms with Crippen molar-refractivity contribution in [3.8, 4) is 5.75 Å². The zero-order valence-electron chi connectivity index (χ0n) is 27.4. The van der Waals surface area contributed by atoms with Crippen molar-refractivity contribution in [2.45, 2.75) is 91.1 Å². The molecule has 1 aliphatic rings. The monoisotopic (exact) mass is 642 g/mol. The zero-order chi connectivity index (χ0) is 33.9. The predicted octanol–water partition coefficient (Wildman–Crippen LogP) is 5.32. The number of ether oxygens (including phenoxy) is 2. The summed E-state index contributed by atoms with van der Waals surface area (Å²) in [5.74, 6) is -0.672. The number of hydrogen-bond acceptors (Lipinski definition) is 6. The van der Waals surface area contributed by atoms with Crippen LogP contribution in [-0.2, 0) is 27.4 Å². The highest BCUT2D eigenvalue weighted by atomic mass is 19.1. The lowest BCUT2D eigenvalue weighted by Crippen LogP contribution is -2.51. The molecule has 12 heteroatoms. The van der Waals surface area contributed by atoms with Crippen LogP contribution < -0.4 is 15.4 Å². The maximum atomic E-state index is 13.6. The third-order valence-electron chi connectivity index (χ3n) is 7.37. The van der Waals surface area contributed by atoms with Gasteiger partial charge in [-0.3, -0.25) is 4.79 Å². The molecule has 4 amide bonds. The molecule has 0 aliphatic carbocycles.